The molecule has 1 fully saturated rings. The number of amides is 1. The van der Waals surface area contributed by atoms with E-state index in [1.165, 1.54) is 0 Å². The fourth-order valence-corrected chi connectivity index (χ4v) is 3.32. The second kappa shape index (κ2) is 5.39. The van der Waals surface area contributed by atoms with Gasteiger partial charge in [0.25, 0.3) is 0 Å². The lowest BCUT2D eigenvalue weighted by Gasteiger charge is -2.47. The number of hydrogen-bond acceptors (Lipinski definition) is 4. The predicted octanol–water partition coefficient (Wildman–Crippen LogP) is 2.08. The Bertz CT molecular complexity index is 611. The maximum absolute atomic E-state index is 12.3. The predicted molar refractivity (Wildman–Crippen MR) is 80.8 cm³/mol. The molecule has 0 aliphatic carbocycles. The maximum Gasteiger partial charge on any atom is 0.223 e. The average Bonchev–Trinajstić information content (AvgIpc) is 2.49. The van der Waals surface area contributed by atoms with Crippen LogP contribution >= 0.6 is 0 Å². The van der Waals surface area contributed by atoms with Gasteiger partial charge in [-0.2, -0.15) is 0 Å². The molecule has 0 aromatic heterocycles. The van der Waals surface area contributed by atoms with Crippen molar-refractivity contribution in [3.63, 3.8) is 0 Å². The van der Waals surface area contributed by atoms with Crippen molar-refractivity contribution < 1.29 is 19.4 Å². The van der Waals surface area contributed by atoms with E-state index < -0.39 is 17.7 Å². The van der Waals surface area contributed by atoms with Crippen LogP contribution in [0.4, 0.5) is 0 Å². The summed E-state index contributed by atoms with van der Waals surface area (Å²) in [7, 11) is 0. The molecule has 0 saturated carbocycles. The van der Waals surface area contributed by atoms with Crippen molar-refractivity contribution in [2.45, 2.75) is 50.9 Å². The smallest absolute Gasteiger partial charge is 0.223 e. The first-order chi connectivity index (χ1) is 10.4. The number of nitrogens with zero attached hydrogens (tertiary/aromatic N) is 1. The molecule has 0 spiro atoms. The number of piperidine rings is 1. The van der Waals surface area contributed by atoms with Crippen molar-refractivity contribution in [1.29, 1.82) is 0 Å². The molecule has 0 unspecified atom stereocenters. The number of carbonyl (C=O) groups is 2. The van der Waals surface area contributed by atoms with Crippen LogP contribution in [0.25, 0.3) is 0 Å². The number of benzene rings is 1. The number of likely N-dealkylation sites (tertiary alicyclic amines) is 1. The van der Waals surface area contributed by atoms with Crippen molar-refractivity contribution in [2.75, 3.05) is 6.54 Å². The fraction of sp³-hybridized carbons (Fsp3) is 0.529. The molecule has 1 aromatic rings. The van der Waals surface area contributed by atoms with Crippen molar-refractivity contribution in [2.24, 2.45) is 0 Å². The van der Waals surface area contributed by atoms with E-state index in [-0.39, 0.29) is 5.91 Å². The standard InChI is InChI=1S/C17H21NO4/c1-17(2)16(21)15(18-8-4-3-5-14(18)20)12-9-11(10-19)6-7-13(12)22-17/h6-7,9-10,15-16,21H,3-5,8H2,1-2H3/t15-,16+/m1/s1. The molecular weight excluding hydrogens is 282 g/mol. The van der Waals surface area contributed by atoms with Crippen molar-refractivity contribution >= 4 is 12.2 Å². The summed E-state index contributed by atoms with van der Waals surface area (Å²) in [6.45, 7) is 4.26. The Hall–Kier alpha value is -1.88. The Balaban J connectivity index is 2.10. The molecule has 0 radical (unpaired) electrons. The molecule has 2 atom stereocenters. The minimum atomic E-state index is -0.844. The van der Waals surface area contributed by atoms with Gasteiger partial charge in [-0.05, 0) is 44.9 Å². The van der Waals surface area contributed by atoms with Crippen LogP contribution in [0.5, 0.6) is 5.75 Å². The van der Waals surface area contributed by atoms with Crippen LogP contribution in [0.15, 0.2) is 18.2 Å². The highest BCUT2D eigenvalue weighted by Crippen LogP contribution is 2.44. The minimum Gasteiger partial charge on any atom is -0.485 e. The monoisotopic (exact) mass is 303 g/mol. The van der Waals surface area contributed by atoms with E-state index >= 15 is 0 Å². The van der Waals surface area contributed by atoms with E-state index in [1.54, 1.807) is 23.1 Å². The van der Waals surface area contributed by atoms with Crippen LogP contribution < -0.4 is 4.74 Å². The van der Waals surface area contributed by atoms with E-state index in [0.29, 0.717) is 29.8 Å². The Labute approximate surface area is 129 Å². The molecule has 3 rings (SSSR count). The Morgan fingerprint density at radius 3 is 2.82 bits per heavy atom. The molecular formula is C17H21NO4. The number of fused-ring (bicyclic) bond motifs is 1. The molecule has 1 amide bonds. The highest BCUT2D eigenvalue weighted by Gasteiger charge is 2.46. The minimum absolute atomic E-state index is 0.0513. The summed E-state index contributed by atoms with van der Waals surface area (Å²) in [6, 6.07) is 4.68. The van der Waals surface area contributed by atoms with Gasteiger partial charge >= 0.3 is 0 Å². The summed E-state index contributed by atoms with van der Waals surface area (Å²) in [5, 5.41) is 10.8. The zero-order valence-corrected chi connectivity index (χ0v) is 12.9. The number of aliphatic hydroxyl groups is 1. The first-order valence-corrected chi connectivity index (χ1v) is 7.70. The van der Waals surface area contributed by atoms with E-state index in [4.69, 9.17) is 4.74 Å². The molecule has 1 saturated heterocycles. The summed E-state index contributed by atoms with van der Waals surface area (Å²) in [6.07, 6.45) is 2.25. The van der Waals surface area contributed by atoms with Crippen LogP contribution in [-0.2, 0) is 4.79 Å². The Kier molecular flexibility index (Phi) is 3.68. The second-order valence-corrected chi connectivity index (χ2v) is 6.55. The third-order valence-corrected chi connectivity index (χ3v) is 4.57. The van der Waals surface area contributed by atoms with E-state index in [2.05, 4.69) is 0 Å². The average molecular weight is 303 g/mol. The lowest BCUT2D eigenvalue weighted by atomic mass is 9.84. The lowest BCUT2D eigenvalue weighted by molar-refractivity contribution is -0.147. The molecule has 1 aromatic carbocycles. The van der Waals surface area contributed by atoms with Crippen LogP contribution in [0.2, 0.25) is 0 Å². The summed E-state index contributed by atoms with van der Waals surface area (Å²) >= 11 is 0. The van der Waals surface area contributed by atoms with Crippen LogP contribution in [-0.4, -0.2) is 40.4 Å². The third-order valence-electron chi connectivity index (χ3n) is 4.57. The first-order valence-electron chi connectivity index (χ1n) is 7.70. The second-order valence-electron chi connectivity index (χ2n) is 6.55. The number of aliphatic hydroxyl groups excluding tert-OH is 1. The quantitative estimate of drug-likeness (QED) is 0.850. The molecule has 118 valence electrons. The maximum atomic E-state index is 12.3. The van der Waals surface area contributed by atoms with E-state index in [0.717, 1.165) is 19.1 Å². The van der Waals surface area contributed by atoms with Crippen molar-refractivity contribution in [3.05, 3.63) is 29.3 Å². The summed E-state index contributed by atoms with van der Waals surface area (Å²) < 4.78 is 5.88. The molecule has 2 heterocycles. The van der Waals surface area contributed by atoms with E-state index in [1.807, 2.05) is 13.8 Å². The molecule has 2 aliphatic heterocycles. The molecule has 1 N–H and O–H groups in total. The number of carbonyl (C=O) groups excluding carboxylic acids is 2. The van der Waals surface area contributed by atoms with Gasteiger partial charge in [-0.25, -0.2) is 0 Å². The largest absolute Gasteiger partial charge is 0.485 e. The molecule has 5 heteroatoms. The van der Waals surface area contributed by atoms with Gasteiger partial charge in [0.2, 0.25) is 5.91 Å². The topological polar surface area (TPSA) is 66.8 Å². The number of hydrogen-bond donors (Lipinski definition) is 1. The zero-order chi connectivity index (χ0) is 15.9. The first kappa shape index (κ1) is 15.0. The van der Waals surface area contributed by atoms with Gasteiger partial charge in [0.15, 0.2) is 0 Å². The zero-order valence-electron chi connectivity index (χ0n) is 12.9. The number of ether oxygens (including phenoxy) is 1. The van der Waals surface area contributed by atoms with Gasteiger partial charge < -0.3 is 14.7 Å². The highest BCUT2D eigenvalue weighted by atomic mass is 16.5. The number of rotatable bonds is 2. The fourth-order valence-electron chi connectivity index (χ4n) is 3.32. The molecule has 5 nitrogen and oxygen atoms in total. The van der Waals surface area contributed by atoms with Crippen molar-refractivity contribution in [1.82, 2.24) is 4.90 Å². The van der Waals surface area contributed by atoms with Gasteiger partial charge in [-0.1, -0.05) is 0 Å². The summed E-state index contributed by atoms with van der Waals surface area (Å²) in [5.74, 6) is 0.680. The van der Waals surface area contributed by atoms with E-state index in [9.17, 15) is 14.7 Å². The highest BCUT2D eigenvalue weighted by molar-refractivity contribution is 5.79. The third kappa shape index (κ3) is 2.39. The number of aldehydes is 1. The van der Waals surface area contributed by atoms with Gasteiger partial charge in [0, 0.05) is 24.1 Å². The van der Waals surface area contributed by atoms with Crippen molar-refractivity contribution in [3.8, 4) is 5.75 Å². The van der Waals surface area contributed by atoms with Crippen LogP contribution in [0.1, 0.15) is 55.1 Å². The van der Waals surface area contributed by atoms with Gasteiger partial charge in [-0.15, -0.1) is 0 Å². The SMILES string of the molecule is CC1(C)Oc2ccc(C=O)cc2[C@@H](N2CCCCC2=O)[C@@H]1O. The van der Waals surface area contributed by atoms with Gasteiger partial charge in [0.05, 0.1) is 6.04 Å². The molecule has 2 aliphatic rings. The molecule has 22 heavy (non-hydrogen) atoms. The van der Waals surface area contributed by atoms with Gasteiger partial charge in [-0.3, -0.25) is 9.59 Å². The summed E-state index contributed by atoms with van der Waals surface area (Å²) in [4.78, 5) is 25.1. The lowest BCUT2D eigenvalue weighted by Crippen LogP contribution is -2.55. The van der Waals surface area contributed by atoms with Crippen LogP contribution in [0.3, 0.4) is 0 Å². The van der Waals surface area contributed by atoms with Gasteiger partial charge in [0.1, 0.15) is 23.7 Å². The Morgan fingerprint density at radius 2 is 2.14 bits per heavy atom. The van der Waals surface area contributed by atoms with Crippen LogP contribution in [0, 0.1) is 0 Å². The summed E-state index contributed by atoms with van der Waals surface area (Å²) in [5.41, 5.74) is 0.438. The normalized spacial score (nSPS) is 27.0. The Morgan fingerprint density at radius 1 is 1.36 bits per heavy atom. The molecule has 0 bridgehead atoms.